The lowest BCUT2D eigenvalue weighted by molar-refractivity contribution is -0.143. The summed E-state index contributed by atoms with van der Waals surface area (Å²) in [6.45, 7) is 0.573. The molecule has 3 N–H and O–H groups in total. The lowest BCUT2D eigenvalue weighted by atomic mass is 9.91. The van der Waals surface area contributed by atoms with E-state index in [9.17, 15) is 32.4 Å². The number of Topliss-reactive ketones (excluding diaryl/α,β-unsaturated/α-hetero) is 1. The molecule has 5 atom stereocenters. The van der Waals surface area contributed by atoms with Crippen molar-refractivity contribution in [2.24, 2.45) is 17.8 Å². The van der Waals surface area contributed by atoms with Gasteiger partial charge in [-0.05, 0) is 85.8 Å². The Bertz CT molecular complexity index is 1710. The first-order valence-electron chi connectivity index (χ1n) is 16.9. The van der Waals surface area contributed by atoms with Gasteiger partial charge in [0.25, 0.3) is 11.8 Å². The highest BCUT2D eigenvalue weighted by atomic mass is 32.2. The van der Waals surface area contributed by atoms with Crippen molar-refractivity contribution < 1.29 is 37.1 Å². The van der Waals surface area contributed by atoms with E-state index in [1.807, 2.05) is 12.1 Å². The number of sulfonamides is 1. The number of likely N-dealkylation sites (tertiary alicyclic amines) is 1. The highest BCUT2D eigenvalue weighted by Crippen LogP contribution is 2.42. The van der Waals surface area contributed by atoms with E-state index in [1.54, 1.807) is 36.4 Å². The molecule has 262 valence electrons. The fourth-order valence-corrected chi connectivity index (χ4v) is 8.09. The molecule has 2 saturated carbocycles. The van der Waals surface area contributed by atoms with Crippen molar-refractivity contribution >= 4 is 39.4 Å². The number of hydrogen-bond acceptors (Lipinski definition) is 8. The molecule has 0 bridgehead atoms. The lowest BCUT2D eigenvalue weighted by Gasteiger charge is -2.29. The number of carbonyl (C=O) groups excluding carboxylic acids is 5. The summed E-state index contributed by atoms with van der Waals surface area (Å²) >= 11 is 0. The maximum atomic E-state index is 13.9. The Morgan fingerprint density at radius 3 is 2.24 bits per heavy atom. The quantitative estimate of drug-likeness (QED) is 0.265. The second-order valence-corrected chi connectivity index (χ2v) is 15.8. The van der Waals surface area contributed by atoms with Crippen LogP contribution in [0.4, 0.5) is 0 Å². The second kappa shape index (κ2) is 14.3. The average molecular weight is 694 g/mol. The highest BCUT2D eigenvalue weighted by Gasteiger charge is 2.50. The summed E-state index contributed by atoms with van der Waals surface area (Å²) in [5.74, 6) is -2.58. The number of nitrogens with one attached hydrogen (secondary N) is 3. The summed E-state index contributed by atoms with van der Waals surface area (Å²) in [5.41, 5.74) is 1.65. The van der Waals surface area contributed by atoms with Crippen LogP contribution < -0.4 is 20.7 Å². The van der Waals surface area contributed by atoms with E-state index < -0.39 is 45.6 Å². The van der Waals surface area contributed by atoms with E-state index in [-0.39, 0.29) is 47.6 Å². The Labute approximate surface area is 286 Å². The summed E-state index contributed by atoms with van der Waals surface area (Å²) in [6.07, 6.45) is 4.71. The van der Waals surface area contributed by atoms with Gasteiger partial charge in [-0.15, -0.1) is 0 Å². The second-order valence-electron chi connectivity index (χ2n) is 13.7. The van der Waals surface area contributed by atoms with Crippen molar-refractivity contribution in [1.82, 2.24) is 25.2 Å². The van der Waals surface area contributed by atoms with Gasteiger partial charge in [-0.3, -0.25) is 24.0 Å². The Morgan fingerprint density at radius 1 is 0.959 bits per heavy atom. The molecule has 13 nitrogen and oxygen atoms in total. The molecule has 4 amide bonds. The number of carbonyl (C=O) groups is 5. The lowest BCUT2D eigenvalue weighted by Crippen LogP contribution is -2.55. The molecule has 0 radical (unpaired) electrons. The van der Waals surface area contributed by atoms with Crippen molar-refractivity contribution in [3.05, 3.63) is 48.5 Å². The van der Waals surface area contributed by atoms with Crippen LogP contribution in [-0.4, -0.2) is 99.0 Å². The summed E-state index contributed by atoms with van der Waals surface area (Å²) in [5, 5.41) is 8.22. The minimum absolute atomic E-state index is 0.0156. The van der Waals surface area contributed by atoms with Crippen molar-refractivity contribution in [3.8, 4) is 16.9 Å². The normalized spacial score (nSPS) is 23.9. The van der Waals surface area contributed by atoms with Gasteiger partial charge in [0.05, 0.1) is 10.9 Å². The molecule has 14 heteroatoms. The Balaban J connectivity index is 1.11. The van der Waals surface area contributed by atoms with Gasteiger partial charge in [-0.25, -0.2) is 12.7 Å². The largest absolute Gasteiger partial charge is 0.484 e. The van der Waals surface area contributed by atoms with Gasteiger partial charge in [0, 0.05) is 39.1 Å². The zero-order valence-electron chi connectivity index (χ0n) is 27.7. The number of ketones is 1. The zero-order valence-corrected chi connectivity index (χ0v) is 28.5. The molecule has 2 saturated heterocycles. The fraction of sp³-hybridized carbons (Fsp3) is 0.514. The number of hydrogen-bond donors (Lipinski definition) is 3. The van der Waals surface area contributed by atoms with E-state index >= 15 is 0 Å². The van der Waals surface area contributed by atoms with Gasteiger partial charge in [-0.2, -0.15) is 0 Å². The third-order valence-corrected chi connectivity index (χ3v) is 11.9. The summed E-state index contributed by atoms with van der Waals surface area (Å²) in [4.78, 5) is 67.6. The predicted molar refractivity (Wildman–Crippen MR) is 178 cm³/mol. The first-order valence-corrected chi connectivity index (χ1v) is 18.3. The van der Waals surface area contributed by atoms with Crippen molar-refractivity contribution in [2.75, 3.05) is 33.8 Å². The molecule has 2 heterocycles. The van der Waals surface area contributed by atoms with Gasteiger partial charge in [0.15, 0.2) is 6.61 Å². The molecule has 49 heavy (non-hydrogen) atoms. The molecular formula is C35H43N5O8S. The van der Waals surface area contributed by atoms with Gasteiger partial charge >= 0.3 is 0 Å². The van der Waals surface area contributed by atoms with E-state index in [2.05, 4.69) is 16.0 Å². The van der Waals surface area contributed by atoms with Crippen LogP contribution >= 0.6 is 0 Å². The first-order chi connectivity index (χ1) is 23.4. The number of benzene rings is 2. The molecule has 6 rings (SSSR count). The summed E-state index contributed by atoms with van der Waals surface area (Å²) in [6, 6.07) is 11.6. The standard InChI is InChI=1S/C35H43N5O8S/c1-39(2)49(46,47)27-14-8-22(9-15-27)21-6-12-26(13-7-21)48-20-30(41)40-19-24-4-3-5-28(24)31(40)34(44)38-29(18-23-16-17-36-33(23)43)32(42)35(45)37-25-10-11-25/h6-9,12-15,23-25,28-29,31H,3-5,10-11,16-20H2,1-2H3,(H,36,43)(H,37,45)(H,38,44)/t23-,24-,28-,29-,31-/m0/s1. The number of rotatable bonds is 13. The predicted octanol–water partition coefficient (Wildman–Crippen LogP) is 1.47. The topological polar surface area (TPSA) is 171 Å². The molecular weight excluding hydrogens is 650 g/mol. The van der Waals surface area contributed by atoms with Crippen LogP contribution in [0, 0.1) is 17.8 Å². The molecule has 0 aromatic heterocycles. The van der Waals surface area contributed by atoms with Gasteiger partial charge in [0.1, 0.15) is 11.8 Å². The average Bonchev–Trinajstić information content (AvgIpc) is 3.44. The van der Waals surface area contributed by atoms with Crippen molar-refractivity contribution in [3.63, 3.8) is 0 Å². The van der Waals surface area contributed by atoms with Crippen LogP contribution in [0.3, 0.4) is 0 Å². The van der Waals surface area contributed by atoms with Crippen molar-refractivity contribution in [1.29, 1.82) is 0 Å². The van der Waals surface area contributed by atoms with Gasteiger partial charge in [-0.1, -0.05) is 30.7 Å². The van der Waals surface area contributed by atoms with E-state index in [0.29, 0.717) is 25.3 Å². The molecule has 4 fully saturated rings. The molecule has 0 unspecified atom stereocenters. The summed E-state index contributed by atoms with van der Waals surface area (Å²) < 4.78 is 31.8. The minimum atomic E-state index is -3.54. The van der Waals surface area contributed by atoms with Crippen LogP contribution in [0.25, 0.3) is 11.1 Å². The number of nitrogens with zero attached hydrogens (tertiary/aromatic N) is 2. The molecule has 2 aromatic carbocycles. The van der Waals surface area contributed by atoms with E-state index in [0.717, 1.165) is 47.5 Å². The fourth-order valence-electron chi connectivity index (χ4n) is 7.19. The molecule has 2 aromatic rings. The highest BCUT2D eigenvalue weighted by molar-refractivity contribution is 7.89. The van der Waals surface area contributed by atoms with Crippen LogP contribution in [0.15, 0.2) is 53.4 Å². The zero-order chi connectivity index (χ0) is 34.9. The van der Waals surface area contributed by atoms with Crippen molar-refractivity contribution in [2.45, 2.75) is 68.0 Å². The van der Waals surface area contributed by atoms with Gasteiger partial charge in [0.2, 0.25) is 27.6 Å². The van der Waals surface area contributed by atoms with Crippen LogP contribution in [-0.2, 0) is 34.0 Å². The van der Waals surface area contributed by atoms with Crippen LogP contribution in [0.2, 0.25) is 0 Å². The van der Waals surface area contributed by atoms with E-state index in [4.69, 9.17) is 4.74 Å². The van der Waals surface area contributed by atoms with Gasteiger partial charge < -0.3 is 25.6 Å². The number of fused-ring (bicyclic) bond motifs is 1. The monoisotopic (exact) mass is 693 g/mol. The minimum Gasteiger partial charge on any atom is -0.484 e. The SMILES string of the molecule is CN(C)S(=O)(=O)c1ccc(-c2ccc(OCC(=O)N3C[C@@H]4CCC[C@@H]4[C@H]3C(=O)N[C@@H](C[C@@H]3CCNC3=O)C(=O)C(=O)NC3CC3)cc2)cc1. The van der Waals surface area contributed by atoms with Crippen LogP contribution in [0.5, 0.6) is 5.75 Å². The maximum Gasteiger partial charge on any atom is 0.289 e. The third-order valence-electron chi connectivity index (χ3n) is 10.1. The smallest absolute Gasteiger partial charge is 0.289 e. The van der Waals surface area contributed by atoms with Crippen LogP contribution in [0.1, 0.15) is 44.9 Å². The third kappa shape index (κ3) is 7.64. The Kier molecular flexibility index (Phi) is 10.1. The number of amides is 4. The maximum absolute atomic E-state index is 13.9. The number of ether oxygens (including phenoxy) is 1. The molecule has 2 aliphatic carbocycles. The molecule has 2 aliphatic heterocycles. The molecule has 4 aliphatic rings. The summed E-state index contributed by atoms with van der Waals surface area (Å²) in [7, 11) is -0.576. The van der Waals surface area contributed by atoms with E-state index in [1.165, 1.54) is 19.0 Å². The Morgan fingerprint density at radius 2 is 1.63 bits per heavy atom. The molecule has 0 spiro atoms. The Hall–Kier alpha value is -4.30. The first kappa shape index (κ1) is 34.6.